The number of aromatic amines is 1. The number of H-pyrrole nitrogens is 1. The fourth-order valence-corrected chi connectivity index (χ4v) is 3.46. The fourth-order valence-electron chi connectivity index (χ4n) is 2.83. The van der Waals surface area contributed by atoms with E-state index in [1.807, 2.05) is 31.2 Å². The van der Waals surface area contributed by atoms with Gasteiger partial charge in [-0.3, -0.25) is 4.79 Å². The van der Waals surface area contributed by atoms with Crippen molar-refractivity contribution in [3.8, 4) is 11.5 Å². The first-order chi connectivity index (χ1) is 13.2. The fraction of sp³-hybridized carbons (Fsp3) is 0.111. The van der Waals surface area contributed by atoms with Crippen molar-refractivity contribution in [3.63, 3.8) is 0 Å². The van der Waals surface area contributed by atoms with Gasteiger partial charge in [0.15, 0.2) is 0 Å². The number of thioether (sulfide) groups is 1. The van der Waals surface area contributed by atoms with Gasteiger partial charge in [0, 0.05) is 5.39 Å². The summed E-state index contributed by atoms with van der Waals surface area (Å²) in [6.07, 6.45) is 1.57. The normalized spacial score (nSPS) is 11.6. The number of aryl methyl sites for hydroxylation is 1. The summed E-state index contributed by atoms with van der Waals surface area (Å²) in [6, 6.07) is 9.19. The van der Waals surface area contributed by atoms with Gasteiger partial charge in [-0.25, -0.2) is 4.98 Å². The predicted molar refractivity (Wildman–Crippen MR) is 98.4 cm³/mol. The molecule has 0 saturated carbocycles. The molecule has 0 atom stereocenters. The summed E-state index contributed by atoms with van der Waals surface area (Å²) in [5.74, 6) is 1.97. The first-order valence-electron chi connectivity index (χ1n) is 8.10. The molecule has 0 aliphatic heterocycles. The van der Waals surface area contributed by atoms with Crippen molar-refractivity contribution in [3.05, 3.63) is 58.5 Å². The summed E-state index contributed by atoms with van der Waals surface area (Å²) in [7, 11) is 0. The molecule has 9 heteroatoms. The Morgan fingerprint density at radius 1 is 1.15 bits per heavy atom. The maximum absolute atomic E-state index is 12.3. The van der Waals surface area contributed by atoms with Crippen LogP contribution in [-0.2, 0) is 5.75 Å². The molecule has 5 aromatic rings. The highest BCUT2D eigenvalue weighted by atomic mass is 32.2. The van der Waals surface area contributed by atoms with Crippen molar-refractivity contribution >= 4 is 33.8 Å². The highest BCUT2D eigenvalue weighted by Crippen LogP contribution is 2.28. The van der Waals surface area contributed by atoms with Crippen LogP contribution in [0.2, 0.25) is 0 Å². The number of para-hydroxylation sites is 1. The topological polar surface area (TPSA) is 111 Å². The summed E-state index contributed by atoms with van der Waals surface area (Å²) >= 11 is 1.29. The van der Waals surface area contributed by atoms with Gasteiger partial charge in [-0.15, -0.1) is 10.2 Å². The van der Waals surface area contributed by atoms with Crippen molar-refractivity contribution in [2.24, 2.45) is 0 Å². The van der Waals surface area contributed by atoms with Crippen LogP contribution in [0.1, 0.15) is 11.6 Å². The summed E-state index contributed by atoms with van der Waals surface area (Å²) in [5.41, 5.74) is 1.84. The highest BCUT2D eigenvalue weighted by Gasteiger charge is 2.16. The van der Waals surface area contributed by atoms with E-state index in [0.29, 0.717) is 39.6 Å². The Kier molecular flexibility index (Phi) is 3.61. The molecule has 0 unspecified atom stereocenters. The molecule has 0 spiro atoms. The molecule has 1 N–H and O–H groups in total. The van der Waals surface area contributed by atoms with Gasteiger partial charge in [0.1, 0.15) is 22.7 Å². The number of benzene rings is 1. The van der Waals surface area contributed by atoms with E-state index >= 15 is 0 Å². The molecule has 4 aromatic heterocycles. The highest BCUT2D eigenvalue weighted by molar-refractivity contribution is 7.98. The van der Waals surface area contributed by atoms with Gasteiger partial charge in [0.2, 0.25) is 5.58 Å². The maximum Gasteiger partial charge on any atom is 0.294 e. The van der Waals surface area contributed by atoms with E-state index in [0.717, 1.165) is 10.9 Å². The molecule has 134 valence electrons. The lowest BCUT2D eigenvalue weighted by Gasteiger charge is -1.98. The average Bonchev–Trinajstić information content (AvgIpc) is 3.38. The summed E-state index contributed by atoms with van der Waals surface area (Å²) in [6.45, 7) is 1.82. The lowest BCUT2D eigenvalue weighted by atomic mass is 10.2. The smallest absolute Gasteiger partial charge is 0.294 e. The third-order valence-electron chi connectivity index (χ3n) is 4.11. The molecular formula is C18H12N4O4S. The zero-order valence-electron chi connectivity index (χ0n) is 14.1. The summed E-state index contributed by atoms with van der Waals surface area (Å²) in [4.78, 5) is 19.6. The standard InChI is InChI=1S/C18H12N4O4S/c1-9-10(6-7-24-9)17-21-22-18(26-17)27-8-13-19-14-11-4-2-3-5-12(11)25-15(14)16(23)20-13/h2-7H,8H2,1H3,(H,19,20,23). The van der Waals surface area contributed by atoms with E-state index in [-0.39, 0.29) is 11.1 Å². The third kappa shape index (κ3) is 2.72. The lowest BCUT2D eigenvalue weighted by molar-refractivity contribution is 0.463. The van der Waals surface area contributed by atoms with Crippen molar-refractivity contribution < 1.29 is 13.3 Å². The Labute approximate surface area is 155 Å². The van der Waals surface area contributed by atoms with Gasteiger partial charge in [0.05, 0.1) is 17.6 Å². The molecule has 0 amide bonds. The van der Waals surface area contributed by atoms with Crippen molar-refractivity contribution in [2.75, 3.05) is 0 Å². The molecule has 0 bridgehead atoms. The van der Waals surface area contributed by atoms with E-state index in [1.165, 1.54) is 11.8 Å². The monoisotopic (exact) mass is 380 g/mol. The second-order valence-electron chi connectivity index (χ2n) is 5.84. The van der Waals surface area contributed by atoms with E-state index in [1.54, 1.807) is 12.3 Å². The molecule has 1 aromatic carbocycles. The first-order valence-corrected chi connectivity index (χ1v) is 9.09. The van der Waals surface area contributed by atoms with Gasteiger partial charge in [-0.1, -0.05) is 23.9 Å². The first kappa shape index (κ1) is 15.9. The third-order valence-corrected chi connectivity index (χ3v) is 4.94. The molecule has 5 rings (SSSR count). The van der Waals surface area contributed by atoms with Crippen LogP contribution >= 0.6 is 11.8 Å². The van der Waals surface area contributed by atoms with Crippen LogP contribution in [0.5, 0.6) is 0 Å². The Balaban J connectivity index is 1.44. The van der Waals surface area contributed by atoms with E-state index < -0.39 is 0 Å². The summed E-state index contributed by atoms with van der Waals surface area (Å²) < 4.78 is 16.5. The molecule has 0 saturated heterocycles. The van der Waals surface area contributed by atoms with Crippen LogP contribution in [0.15, 0.2) is 59.9 Å². The average molecular weight is 380 g/mol. The van der Waals surface area contributed by atoms with Crippen LogP contribution in [0.4, 0.5) is 0 Å². The molecule has 4 heterocycles. The molecule has 0 aliphatic carbocycles. The zero-order chi connectivity index (χ0) is 18.4. The zero-order valence-corrected chi connectivity index (χ0v) is 14.9. The van der Waals surface area contributed by atoms with Gasteiger partial charge >= 0.3 is 0 Å². The van der Waals surface area contributed by atoms with Crippen LogP contribution in [0, 0.1) is 6.92 Å². The molecule has 0 aliphatic rings. The van der Waals surface area contributed by atoms with E-state index in [4.69, 9.17) is 13.3 Å². The van der Waals surface area contributed by atoms with Gasteiger partial charge in [-0.05, 0) is 25.1 Å². The van der Waals surface area contributed by atoms with Crippen molar-refractivity contribution in [1.29, 1.82) is 0 Å². The van der Waals surface area contributed by atoms with Crippen LogP contribution in [-0.4, -0.2) is 20.2 Å². The van der Waals surface area contributed by atoms with Gasteiger partial charge in [0.25, 0.3) is 16.7 Å². The minimum atomic E-state index is -0.313. The minimum Gasteiger partial charge on any atom is -0.469 e. The van der Waals surface area contributed by atoms with E-state index in [9.17, 15) is 4.79 Å². The second kappa shape index (κ2) is 6.13. The Hall–Kier alpha value is -3.33. The quantitative estimate of drug-likeness (QED) is 0.467. The SMILES string of the molecule is Cc1occc1-c1nnc(SCc2nc3c(oc4ccccc43)c(=O)[nH]2)o1. The number of nitrogens with zero attached hydrogens (tertiary/aromatic N) is 3. The lowest BCUT2D eigenvalue weighted by Crippen LogP contribution is -2.10. The van der Waals surface area contributed by atoms with Gasteiger partial charge in [-0.2, -0.15) is 0 Å². The van der Waals surface area contributed by atoms with Crippen LogP contribution < -0.4 is 5.56 Å². The van der Waals surface area contributed by atoms with Gasteiger partial charge < -0.3 is 18.2 Å². The van der Waals surface area contributed by atoms with Crippen LogP contribution in [0.25, 0.3) is 33.5 Å². The molecular weight excluding hydrogens is 368 g/mol. The Morgan fingerprint density at radius 2 is 2.04 bits per heavy atom. The maximum atomic E-state index is 12.3. The molecule has 0 radical (unpaired) electrons. The van der Waals surface area contributed by atoms with Crippen LogP contribution in [0.3, 0.4) is 0 Å². The molecule has 0 fully saturated rings. The predicted octanol–water partition coefficient (Wildman–Crippen LogP) is 3.91. The van der Waals surface area contributed by atoms with Crippen molar-refractivity contribution in [1.82, 2.24) is 20.2 Å². The number of hydrogen-bond donors (Lipinski definition) is 1. The number of fused-ring (bicyclic) bond motifs is 3. The van der Waals surface area contributed by atoms with E-state index in [2.05, 4.69) is 20.2 Å². The Bertz CT molecular complexity index is 1330. The number of rotatable bonds is 4. The number of furan rings is 2. The second-order valence-corrected chi connectivity index (χ2v) is 6.77. The number of hydrogen-bond acceptors (Lipinski definition) is 8. The number of nitrogens with one attached hydrogen (secondary N) is 1. The minimum absolute atomic E-state index is 0.223. The largest absolute Gasteiger partial charge is 0.469 e. The van der Waals surface area contributed by atoms with Crippen molar-refractivity contribution in [2.45, 2.75) is 17.9 Å². The summed E-state index contributed by atoms with van der Waals surface area (Å²) in [5, 5.41) is 9.23. The molecule has 8 nitrogen and oxygen atoms in total. The Morgan fingerprint density at radius 3 is 2.89 bits per heavy atom. The molecule has 27 heavy (non-hydrogen) atoms. The number of aromatic nitrogens is 4.